The van der Waals surface area contributed by atoms with Crippen molar-refractivity contribution in [3.63, 3.8) is 0 Å². The summed E-state index contributed by atoms with van der Waals surface area (Å²) in [5, 5.41) is 0. The van der Waals surface area contributed by atoms with E-state index in [9.17, 15) is 4.79 Å². The van der Waals surface area contributed by atoms with Crippen LogP contribution in [-0.4, -0.2) is 56.2 Å². The lowest BCUT2D eigenvalue weighted by atomic mass is 10.2. The number of carbonyl (C=O) groups is 1. The van der Waals surface area contributed by atoms with Gasteiger partial charge in [-0.15, -0.1) is 0 Å². The van der Waals surface area contributed by atoms with Crippen LogP contribution in [0.4, 0.5) is 5.82 Å². The van der Waals surface area contributed by atoms with Crippen LogP contribution in [0.1, 0.15) is 5.56 Å². The number of methoxy groups -OCH3 is 2. The number of carbonyl (C=O) groups excluding carboxylic acids is 1. The van der Waals surface area contributed by atoms with Crippen molar-refractivity contribution in [3.05, 3.63) is 54.2 Å². The van der Waals surface area contributed by atoms with E-state index in [1.165, 1.54) is 0 Å². The second kappa shape index (κ2) is 8.38. The van der Waals surface area contributed by atoms with Crippen molar-refractivity contribution in [2.45, 2.75) is 0 Å². The first-order valence-corrected chi connectivity index (χ1v) is 8.56. The molecule has 0 aliphatic carbocycles. The molecular weight excluding hydrogens is 330 g/mol. The highest BCUT2D eigenvalue weighted by Crippen LogP contribution is 2.28. The molecule has 26 heavy (non-hydrogen) atoms. The Kier molecular flexibility index (Phi) is 5.73. The van der Waals surface area contributed by atoms with E-state index >= 15 is 0 Å². The Hall–Kier alpha value is -3.02. The van der Waals surface area contributed by atoms with Gasteiger partial charge in [0.05, 0.1) is 14.2 Å². The molecule has 1 amide bonds. The maximum Gasteiger partial charge on any atom is 0.246 e. The number of nitrogens with zero attached hydrogens (tertiary/aromatic N) is 3. The van der Waals surface area contributed by atoms with Gasteiger partial charge in [0.2, 0.25) is 5.91 Å². The second-order valence-corrected chi connectivity index (χ2v) is 5.95. The van der Waals surface area contributed by atoms with E-state index in [2.05, 4.69) is 9.88 Å². The number of ether oxygens (including phenoxy) is 2. The zero-order valence-corrected chi connectivity index (χ0v) is 15.1. The van der Waals surface area contributed by atoms with Gasteiger partial charge in [0.25, 0.3) is 0 Å². The molecule has 6 heteroatoms. The molecule has 1 aromatic heterocycles. The Balaban J connectivity index is 1.58. The van der Waals surface area contributed by atoms with E-state index in [0.29, 0.717) is 24.6 Å². The first-order valence-electron chi connectivity index (χ1n) is 8.56. The van der Waals surface area contributed by atoms with Crippen molar-refractivity contribution in [1.82, 2.24) is 9.88 Å². The third kappa shape index (κ3) is 4.14. The summed E-state index contributed by atoms with van der Waals surface area (Å²) in [6.45, 7) is 2.94. The predicted molar refractivity (Wildman–Crippen MR) is 102 cm³/mol. The first-order chi connectivity index (χ1) is 12.7. The van der Waals surface area contributed by atoms with Crippen molar-refractivity contribution >= 4 is 17.8 Å². The quantitative estimate of drug-likeness (QED) is 0.773. The molecule has 0 spiro atoms. The topological polar surface area (TPSA) is 54.9 Å². The lowest BCUT2D eigenvalue weighted by Crippen LogP contribution is -2.48. The average molecular weight is 353 g/mol. The van der Waals surface area contributed by atoms with Gasteiger partial charge in [0, 0.05) is 38.5 Å². The van der Waals surface area contributed by atoms with Gasteiger partial charge in [0.1, 0.15) is 5.82 Å². The second-order valence-electron chi connectivity index (χ2n) is 5.95. The average Bonchev–Trinajstić information content (AvgIpc) is 2.72. The Bertz CT molecular complexity index is 769. The zero-order chi connectivity index (χ0) is 18.4. The number of anilines is 1. The van der Waals surface area contributed by atoms with Crippen LogP contribution in [0, 0.1) is 0 Å². The van der Waals surface area contributed by atoms with Crippen LogP contribution in [-0.2, 0) is 4.79 Å². The van der Waals surface area contributed by atoms with E-state index in [1.807, 2.05) is 41.3 Å². The van der Waals surface area contributed by atoms with Crippen LogP contribution < -0.4 is 14.4 Å². The Morgan fingerprint density at radius 1 is 1.04 bits per heavy atom. The molecule has 1 fully saturated rings. The Morgan fingerprint density at radius 3 is 2.46 bits per heavy atom. The van der Waals surface area contributed by atoms with Crippen molar-refractivity contribution in [2.75, 3.05) is 45.3 Å². The van der Waals surface area contributed by atoms with Crippen molar-refractivity contribution in [3.8, 4) is 11.5 Å². The van der Waals surface area contributed by atoms with E-state index in [4.69, 9.17) is 9.47 Å². The van der Waals surface area contributed by atoms with Crippen molar-refractivity contribution in [1.29, 1.82) is 0 Å². The minimum atomic E-state index is 0.0143. The monoisotopic (exact) mass is 353 g/mol. The standard InChI is InChI=1S/C20H23N3O3/c1-25-17-8-6-16(15-18(17)26-2)7-9-20(24)23-13-11-22(12-14-23)19-5-3-4-10-21-19/h3-10,15H,11-14H2,1-2H3. The summed E-state index contributed by atoms with van der Waals surface area (Å²) in [5.41, 5.74) is 0.892. The molecule has 0 unspecified atom stereocenters. The lowest BCUT2D eigenvalue weighted by Gasteiger charge is -2.34. The fourth-order valence-electron chi connectivity index (χ4n) is 2.93. The third-order valence-electron chi connectivity index (χ3n) is 4.39. The minimum absolute atomic E-state index is 0.0143. The molecule has 2 aromatic rings. The summed E-state index contributed by atoms with van der Waals surface area (Å²) in [5.74, 6) is 2.29. The normalized spacial score (nSPS) is 14.5. The number of rotatable bonds is 5. The Morgan fingerprint density at radius 2 is 1.81 bits per heavy atom. The molecule has 2 heterocycles. The van der Waals surface area contributed by atoms with Gasteiger partial charge in [0.15, 0.2) is 11.5 Å². The van der Waals surface area contributed by atoms with Crippen LogP contribution in [0.3, 0.4) is 0 Å². The largest absolute Gasteiger partial charge is 0.493 e. The molecule has 0 saturated carbocycles. The van der Waals surface area contributed by atoms with Crippen LogP contribution >= 0.6 is 0 Å². The fraction of sp³-hybridized carbons (Fsp3) is 0.300. The molecule has 0 atom stereocenters. The first kappa shape index (κ1) is 17.8. The lowest BCUT2D eigenvalue weighted by molar-refractivity contribution is -0.126. The highest BCUT2D eigenvalue weighted by atomic mass is 16.5. The highest BCUT2D eigenvalue weighted by Gasteiger charge is 2.20. The number of hydrogen-bond acceptors (Lipinski definition) is 5. The van der Waals surface area contributed by atoms with Gasteiger partial charge in [-0.25, -0.2) is 4.98 Å². The molecule has 3 rings (SSSR count). The van der Waals surface area contributed by atoms with Crippen LogP contribution in [0.2, 0.25) is 0 Å². The van der Waals surface area contributed by atoms with Gasteiger partial charge in [-0.1, -0.05) is 12.1 Å². The molecule has 1 aromatic carbocycles. The molecule has 0 radical (unpaired) electrons. The molecule has 1 aliphatic rings. The minimum Gasteiger partial charge on any atom is -0.493 e. The number of pyridine rings is 1. The van der Waals surface area contributed by atoms with Crippen molar-refractivity contribution < 1.29 is 14.3 Å². The van der Waals surface area contributed by atoms with E-state index in [-0.39, 0.29) is 5.91 Å². The van der Waals surface area contributed by atoms with Crippen molar-refractivity contribution in [2.24, 2.45) is 0 Å². The maximum absolute atomic E-state index is 12.4. The van der Waals surface area contributed by atoms with Crippen LogP contribution in [0.25, 0.3) is 6.08 Å². The zero-order valence-electron chi connectivity index (χ0n) is 15.1. The van der Waals surface area contributed by atoms with Gasteiger partial charge in [-0.3, -0.25) is 4.79 Å². The summed E-state index contributed by atoms with van der Waals surface area (Å²) in [6.07, 6.45) is 5.20. The molecule has 1 saturated heterocycles. The molecular formula is C20H23N3O3. The summed E-state index contributed by atoms with van der Waals surface area (Å²) in [6, 6.07) is 11.4. The van der Waals surface area contributed by atoms with E-state index in [1.54, 1.807) is 32.6 Å². The number of piperazine rings is 1. The Labute approximate surface area is 153 Å². The van der Waals surface area contributed by atoms with E-state index in [0.717, 1.165) is 24.5 Å². The predicted octanol–water partition coefficient (Wildman–Crippen LogP) is 2.46. The molecule has 0 N–H and O–H groups in total. The molecule has 0 bridgehead atoms. The summed E-state index contributed by atoms with van der Waals surface area (Å²) in [4.78, 5) is 20.9. The summed E-state index contributed by atoms with van der Waals surface area (Å²) >= 11 is 0. The van der Waals surface area contributed by atoms with Gasteiger partial charge in [-0.05, 0) is 35.9 Å². The third-order valence-corrected chi connectivity index (χ3v) is 4.39. The smallest absolute Gasteiger partial charge is 0.246 e. The number of benzene rings is 1. The van der Waals surface area contributed by atoms with Crippen LogP contribution in [0.5, 0.6) is 11.5 Å². The maximum atomic E-state index is 12.4. The number of aromatic nitrogens is 1. The van der Waals surface area contributed by atoms with Gasteiger partial charge < -0.3 is 19.3 Å². The molecule has 6 nitrogen and oxygen atoms in total. The molecule has 1 aliphatic heterocycles. The SMILES string of the molecule is COc1ccc(C=CC(=O)N2CCN(c3ccccn3)CC2)cc1OC. The number of amides is 1. The highest BCUT2D eigenvalue weighted by molar-refractivity contribution is 5.92. The summed E-state index contributed by atoms with van der Waals surface area (Å²) in [7, 11) is 3.19. The van der Waals surface area contributed by atoms with Gasteiger partial charge >= 0.3 is 0 Å². The fourth-order valence-corrected chi connectivity index (χ4v) is 2.93. The molecule has 136 valence electrons. The van der Waals surface area contributed by atoms with Crippen LogP contribution in [0.15, 0.2) is 48.7 Å². The summed E-state index contributed by atoms with van der Waals surface area (Å²) < 4.78 is 10.5. The van der Waals surface area contributed by atoms with E-state index < -0.39 is 0 Å². The number of hydrogen-bond donors (Lipinski definition) is 0. The van der Waals surface area contributed by atoms with Gasteiger partial charge in [-0.2, -0.15) is 0 Å².